The van der Waals surface area contributed by atoms with E-state index in [1.165, 1.54) is 79.9 Å². The van der Waals surface area contributed by atoms with Crippen molar-refractivity contribution >= 4 is 46.9 Å². The molecule has 0 amide bonds. The van der Waals surface area contributed by atoms with E-state index in [9.17, 15) is 0 Å². The van der Waals surface area contributed by atoms with Gasteiger partial charge in [0.25, 0.3) is 0 Å². The number of nitrogens with zero attached hydrogens (tertiary/aromatic N) is 1. The van der Waals surface area contributed by atoms with Gasteiger partial charge in [0.15, 0.2) is 0 Å². The first-order valence-corrected chi connectivity index (χ1v) is 16.7. The summed E-state index contributed by atoms with van der Waals surface area (Å²) in [6.07, 6.45) is 21.8. The van der Waals surface area contributed by atoms with Crippen molar-refractivity contribution in [2.45, 2.75) is 46.0 Å². The highest BCUT2D eigenvalue weighted by Crippen LogP contribution is 2.44. The third-order valence-electron chi connectivity index (χ3n) is 9.23. The second-order valence-corrected chi connectivity index (χ2v) is 12.4. The van der Waals surface area contributed by atoms with E-state index in [1.807, 2.05) is 0 Å². The fraction of sp³-hybridized carbons (Fsp3) is 0.156. The number of allylic oxidation sites excluding steroid dienone is 4. The van der Waals surface area contributed by atoms with Crippen molar-refractivity contribution in [3.05, 3.63) is 166 Å². The van der Waals surface area contributed by atoms with Gasteiger partial charge in [0.05, 0.1) is 11.4 Å². The Bertz CT molecular complexity index is 1990. The van der Waals surface area contributed by atoms with Crippen molar-refractivity contribution in [3.63, 3.8) is 0 Å². The third kappa shape index (κ3) is 6.19. The summed E-state index contributed by atoms with van der Waals surface area (Å²) in [6.45, 7) is 4.46. The summed E-state index contributed by atoms with van der Waals surface area (Å²) in [4.78, 5) is 2.41. The number of aryl methyl sites for hydroxylation is 2. The molecule has 0 saturated carbocycles. The Balaban J connectivity index is 1.26. The minimum Gasteiger partial charge on any atom is -0.309 e. The Labute approximate surface area is 274 Å². The molecule has 0 radical (unpaired) electrons. The zero-order valence-electron chi connectivity index (χ0n) is 26.9. The van der Waals surface area contributed by atoms with Gasteiger partial charge in [0, 0.05) is 5.69 Å². The molecule has 0 saturated heterocycles. The summed E-state index contributed by atoms with van der Waals surface area (Å²) >= 11 is 0. The van der Waals surface area contributed by atoms with Gasteiger partial charge in [-0.2, -0.15) is 0 Å². The smallest absolute Gasteiger partial charge is 0.0534 e. The monoisotopic (exact) mass is 595 g/mol. The Morgan fingerprint density at radius 1 is 0.630 bits per heavy atom. The molecule has 46 heavy (non-hydrogen) atoms. The molecule has 0 fully saturated rings. The number of para-hydroxylation sites is 1. The molecule has 1 aliphatic heterocycles. The van der Waals surface area contributed by atoms with E-state index in [4.69, 9.17) is 0 Å². The molecular formula is C45H41N. The summed E-state index contributed by atoms with van der Waals surface area (Å²) < 4.78 is 0. The van der Waals surface area contributed by atoms with Crippen LogP contribution in [-0.4, -0.2) is 0 Å². The van der Waals surface area contributed by atoms with Crippen LogP contribution in [-0.2, 0) is 6.42 Å². The van der Waals surface area contributed by atoms with Crippen LogP contribution in [0.5, 0.6) is 0 Å². The highest BCUT2D eigenvalue weighted by Gasteiger charge is 2.21. The van der Waals surface area contributed by atoms with Crippen LogP contribution >= 0.6 is 0 Å². The van der Waals surface area contributed by atoms with Crippen LogP contribution < -0.4 is 4.90 Å². The lowest BCUT2D eigenvalue weighted by Crippen LogP contribution is -2.11. The van der Waals surface area contributed by atoms with Gasteiger partial charge in [-0.1, -0.05) is 123 Å². The van der Waals surface area contributed by atoms with Gasteiger partial charge in [-0.3, -0.25) is 0 Å². The van der Waals surface area contributed by atoms with Crippen molar-refractivity contribution in [1.29, 1.82) is 0 Å². The van der Waals surface area contributed by atoms with E-state index in [1.54, 1.807) is 0 Å². The normalized spacial score (nSPS) is 13.8. The van der Waals surface area contributed by atoms with Gasteiger partial charge >= 0.3 is 0 Å². The van der Waals surface area contributed by atoms with E-state index < -0.39 is 0 Å². The first kappa shape index (κ1) is 29.6. The average molecular weight is 596 g/mol. The molecule has 2 aliphatic rings. The average Bonchev–Trinajstić information content (AvgIpc) is 3.27. The molecule has 0 unspecified atom stereocenters. The van der Waals surface area contributed by atoms with Gasteiger partial charge in [-0.25, -0.2) is 0 Å². The SMILES string of the molecule is CCCCc1ccccc1/C=C\c1cc(-c2ccc3c(c2)C=Cc2cc(C4=CCCC=C4)ccc2N3c2ccccc2)ccc1C. The Morgan fingerprint density at radius 2 is 1.30 bits per heavy atom. The minimum atomic E-state index is 1.10. The van der Waals surface area contributed by atoms with Gasteiger partial charge in [-0.15, -0.1) is 0 Å². The van der Waals surface area contributed by atoms with Crippen molar-refractivity contribution < 1.29 is 0 Å². The second kappa shape index (κ2) is 13.5. The molecule has 0 spiro atoms. The lowest BCUT2D eigenvalue weighted by atomic mass is 9.96. The van der Waals surface area contributed by atoms with Gasteiger partial charge in [-0.05, 0) is 131 Å². The van der Waals surface area contributed by atoms with Crippen molar-refractivity contribution in [1.82, 2.24) is 0 Å². The van der Waals surface area contributed by atoms with Crippen LogP contribution in [0.4, 0.5) is 17.1 Å². The molecule has 0 atom stereocenters. The van der Waals surface area contributed by atoms with Crippen LogP contribution in [0.2, 0.25) is 0 Å². The molecule has 1 nitrogen and oxygen atoms in total. The highest BCUT2D eigenvalue weighted by molar-refractivity contribution is 5.95. The molecule has 7 rings (SSSR count). The third-order valence-corrected chi connectivity index (χ3v) is 9.23. The molecule has 1 heteroatoms. The summed E-state index contributed by atoms with van der Waals surface area (Å²) in [5.41, 5.74) is 16.3. The zero-order chi connectivity index (χ0) is 31.3. The molecular weight excluding hydrogens is 555 g/mol. The fourth-order valence-electron chi connectivity index (χ4n) is 6.61. The van der Waals surface area contributed by atoms with E-state index in [0.29, 0.717) is 0 Å². The van der Waals surface area contributed by atoms with Gasteiger partial charge in [0.1, 0.15) is 0 Å². The predicted molar refractivity (Wildman–Crippen MR) is 201 cm³/mol. The van der Waals surface area contributed by atoms with Crippen molar-refractivity contribution in [2.75, 3.05) is 4.90 Å². The molecule has 1 aliphatic carbocycles. The van der Waals surface area contributed by atoms with Crippen molar-refractivity contribution in [2.24, 2.45) is 0 Å². The maximum absolute atomic E-state index is 2.41. The Morgan fingerprint density at radius 3 is 2.07 bits per heavy atom. The number of rotatable bonds is 8. The molecule has 5 aromatic rings. The lowest BCUT2D eigenvalue weighted by Gasteiger charge is -2.28. The summed E-state index contributed by atoms with van der Waals surface area (Å²) in [6, 6.07) is 40.2. The fourth-order valence-corrected chi connectivity index (χ4v) is 6.61. The number of hydrogen-bond acceptors (Lipinski definition) is 1. The highest BCUT2D eigenvalue weighted by atomic mass is 15.1. The molecule has 0 N–H and O–H groups in total. The quantitative estimate of drug-likeness (QED) is 0.158. The van der Waals surface area contributed by atoms with E-state index in [2.05, 4.69) is 170 Å². The standard InChI is InChI=1S/C45H41N/c1-3-4-13-34-16-11-12-17-36(34)22-23-37-30-39(21-20-33(37)2)40-27-29-45-42(32-40)25-24-41-31-38(35-14-7-5-8-15-35)26-28-44(41)46(45)43-18-9-6-10-19-43/h6-7,9-12,14-32H,3-5,8,13H2,1-2H3/b23-22-. The summed E-state index contributed by atoms with van der Waals surface area (Å²) in [7, 11) is 0. The van der Waals surface area contributed by atoms with E-state index in [0.717, 1.165) is 24.9 Å². The van der Waals surface area contributed by atoms with Crippen LogP contribution in [0, 0.1) is 6.92 Å². The number of unbranched alkanes of at least 4 members (excludes halogenated alkanes) is 1. The number of hydrogen-bond donors (Lipinski definition) is 0. The van der Waals surface area contributed by atoms with Crippen LogP contribution in [0.25, 0.3) is 41.0 Å². The number of fused-ring (bicyclic) bond motifs is 2. The summed E-state index contributed by atoms with van der Waals surface area (Å²) in [5.74, 6) is 0. The number of benzene rings is 5. The van der Waals surface area contributed by atoms with Crippen LogP contribution in [0.3, 0.4) is 0 Å². The maximum atomic E-state index is 2.41. The Kier molecular flexibility index (Phi) is 8.65. The molecule has 0 aromatic heterocycles. The first-order chi connectivity index (χ1) is 22.7. The molecule has 5 aromatic carbocycles. The first-order valence-electron chi connectivity index (χ1n) is 16.7. The van der Waals surface area contributed by atoms with Gasteiger partial charge < -0.3 is 4.90 Å². The minimum absolute atomic E-state index is 1.10. The Hall–Kier alpha value is -5.14. The lowest BCUT2D eigenvalue weighted by molar-refractivity contribution is 0.794. The maximum Gasteiger partial charge on any atom is 0.0534 e. The second-order valence-electron chi connectivity index (χ2n) is 12.4. The van der Waals surface area contributed by atoms with Gasteiger partial charge in [0.2, 0.25) is 0 Å². The van der Waals surface area contributed by atoms with E-state index in [-0.39, 0.29) is 0 Å². The number of anilines is 3. The summed E-state index contributed by atoms with van der Waals surface area (Å²) in [5, 5.41) is 0. The molecule has 0 bridgehead atoms. The largest absolute Gasteiger partial charge is 0.309 e. The molecule has 226 valence electrons. The zero-order valence-corrected chi connectivity index (χ0v) is 26.9. The topological polar surface area (TPSA) is 3.24 Å². The van der Waals surface area contributed by atoms with Crippen LogP contribution in [0.1, 0.15) is 71.6 Å². The van der Waals surface area contributed by atoms with Crippen molar-refractivity contribution in [3.8, 4) is 11.1 Å². The van der Waals surface area contributed by atoms with E-state index >= 15 is 0 Å². The predicted octanol–water partition coefficient (Wildman–Crippen LogP) is 12.9. The van der Waals surface area contributed by atoms with Crippen LogP contribution in [0.15, 0.2) is 127 Å². The molecule has 1 heterocycles.